The van der Waals surface area contributed by atoms with Gasteiger partial charge in [-0.05, 0) is 83.2 Å². The Kier molecular flexibility index (Phi) is 5.23. The van der Waals surface area contributed by atoms with E-state index in [1.54, 1.807) is 0 Å². The topological polar surface area (TPSA) is 49.4 Å². The van der Waals surface area contributed by atoms with Crippen molar-refractivity contribution in [2.75, 3.05) is 0 Å². The van der Waals surface area contributed by atoms with E-state index in [4.69, 9.17) is 15.0 Å². The summed E-state index contributed by atoms with van der Waals surface area (Å²) in [6.07, 6.45) is 22.3. The lowest BCUT2D eigenvalue weighted by atomic mass is 9.96. The minimum Gasteiger partial charge on any atom is -0.249 e. The third-order valence-corrected chi connectivity index (χ3v) is 6.12. The average Bonchev–Trinajstić information content (AvgIpc) is 3.64. The number of hydrogen-bond acceptors (Lipinski definition) is 4. The van der Waals surface area contributed by atoms with Crippen LogP contribution in [0, 0.1) is 0 Å². The number of rotatable bonds is 1. The molecular formula is C30H18AlN4. The van der Waals surface area contributed by atoms with Crippen LogP contribution in [0.3, 0.4) is 0 Å². The lowest BCUT2D eigenvalue weighted by molar-refractivity contribution is 1.41. The first-order chi connectivity index (χ1) is 16.8. The molecule has 0 atom stereocenters. The van der Waals surface area contributed by atoms with E-state index in [1.807, 2.05) is 54.7 Å². The number of nitrogens with zero attached hydrogens (tertiary/aromatic N) is 4. The molecule has 4 nitrogen and oxygen atoms in total. The molecule has 3 radical (unpaired) electrons. The van der Waals surface area contributed by atoms with Crippen molar-refractivity contribution >= 4 is 56.6 Å². The predicted octanol–water partition coefficient (Wildman–Crippen LogP) is 5.88. The maximum atomic E-state index is 4.98. The molecular weight excluding hydrogens is 443 g/mol. The number of benzene rings is 2. The Balaban J connectivity index is 0.00000229. The van der Waals surface area contributed by atoms with Crippen molar-refractivity contribution in [1.82, 2.24) is 0 Å². The Morgan fingerprint density at radius 1 is 0.457 bits per heavy atom. The Bertz CT molecular complexity index is 1670. The van der Waals surface area contributed by atoms with Crippen LogP contribution in [0.2, 0.25) is 0 Å². The summed E-state index contributed by atoms with van der Waals surface area (Å²) in [7, 11) is 0. The molecule has 0 N–H and O–H groups in total. The van der Waals surface area contributed by atoms with Crippen LogP contribution in [0.5, 0.6) is 0 Å². The molecule has 0 unspecified atom stereocenters. The van der Waals surface area contributed by atoms with Gasteiger partial charge in [-0.15, -0.1) is 0 Å². The standard InChI is InChI=1S/C30H18N4.Al/c1-2-6-27-19(4-1)5-3-7-28(27)29-17-26-16-24-11-10-22(32-24)14-20-8-9-21(31-20)15-23-12-13-25(33-23)18-30(29)34-26;/h1-18H;. The molecule has 8 bridgehead atoms. The van der Waals surface area contributed by atoms with Crippen molar-refractivity contribution in [3.05, 3.63) is 138 Å². The fourth-order valence-corrected chi connectivity index (χ4v) is 4.57. The highest BCUT2D eigenvalue weighted by Gasteiger charge is 2.19. The van der Waals surface area contributed by atoms with Crippen LogP contribution in [0.15, 0.2) is 152 Å². The first kappa shape index (κ1) is 21.4. The lowest BCUT2D eigenvalue weighted by Gasteiger charge is -2.08. The fraction of sp³-hybridized carbons (Fsp3) is 0. The third kappa shape index (κ3) is 4.02. The number of fused-ring (bicyclic) bond motifs is 5. The van der Waals surface area contributed by atoms with E-state index in [-0.39, 0.29) is 17.4 Å². The van der Waals surface area contributed by atoms with Crippen LogP contribution in [-0.2, 0) is 0 Å². The second-order valence-electron chi connectivity index (χ2n) is 8.47. The van der Waals surface area contributed by atoms with E-state index in [0.29, 0.717) is 0 Å². The highest BCUT2D eigenvalue weighted by atomic mass is 27.0. The van der Waals surface area contributed by atoms with Gasteiger partial charge in [-0.3, -0.25) is 0 Å². The Hall–Kier alpha value is -4.17. The zero-order valence-corrected chi connectivity index (χ0v) is 19.9. The van der Waals surface area contributed by atoms with Crippen LogP contribution >= 0.6 is 0 Å². The maximum absolute atomic E-state index is 4.98. The summed E-state index contributed by atoms with van der Waals surface area (Å²) in [6.45, 7) is 0. The summed E-state index contributed by atoms with van der Waals surface area (Å²) in [5, 5.41) is 2.41. The number of hydrogen-bond donors (Lipinski definition) is 0. The quantitative estimate of drug-likeness (QED) is 0.477. The Morgan fingerprint density at radius 3 is 1.71 bits per heavy atom. The number of aliphatic imine (C=N–C) groups is 4. The van der Waals surface area contributed by atoms with Gasteiger partial charge in [0.15, 0.2) is 0 Å². The van der Waals surface area contributed by atoms with E-state index in [0.717, 1.165) is 56.8 Å². The van der Waals surface area contributed by atoms with Crippen molar-refractivity contribution in [3.8, 4) is 0 Å². The Morgan fingerprint density at radius 2 is 1.03 bits per heavy atom. The van der Waals surface area contributed by atoms with Crippen LogP contribution < -0.4 is 0 Å². The van der Waals surface area contributed by atoms with Gasteiger partial charge in [0.2, 0.25) is 0 Å². The van der Waals surface area contributed by atoms with Crippen molar-refractivity contribution < 1.29 is 0 Å². The molecule has 5 aliphatic rings. The highest BCUT2D eigenvalue weighted by Crippen LogP contribution is 2.35. The number of allylic oxidation sites excluding steroid dienone is 12. The summed E-state index contributed by atoms with van der Waals surface area (Å²) in [4.78, 5) is 19.2. The summed E-state index contributed by atoms with van der Waals surface area (Å²) in [5.41, 5.74) is 9.28. The molecule has 7 rings (SSSR count). The van der Waals surface area contributed by atoms with Gasteiger partial charge < -0.3 is 0 Å². The largest absolute Gasteiger partial charge is 0.249 e. The van der Waals surface area contributed by atoms with Crippen LogP contribution in [0.1, 0.15) is 5.56 Å². The smallest absolute Gasteiger partial charge is 0.0737 e. The second-order valence-corrected chi connectivity index (χ2v) is 8.47. The van der Waals surface area contributed by atoms with Crippen molar-refractivity contribution in [2.24, 2.45) is 20.0 Å². The van der Waals surface area contributed by atoms with Crippen molar-refractivity contribution in [1.29, 1.82) is 0 Å². The van der Waals surface area contributed by atoms with Gasteiger partial charge in [0.1, 0.15) is 0 Å². The van der Waals surface area contributed by atoms with E-state index >= 15 is 0 Å². The molecule has 0 fully saturated rings. The third-order valence-electron chi connectivity index (χ3n) is 6.12. The first-order valence-electron chi connectivity index (χ1n) is 11.2. The zero-order valence-electron chi connectivity index (χ0n) is 18.8. The van der Waals surface area contributed by atoms with Gasteiger partial charge in [-0.25, -0.2) is 20.0 Å². The normalized spacial score (nSPS) is 19.3. The molecule has 5 heteroatoms. The van der Waals surface area contributed by atoms with Crippen molar-refractivity contribution in [3.63, 3.8) is 0 Å². The van der Waals surface area contributed by atoms with Gasteiger partial charge in [0.25, 0.3) is 0 Å². The van der Waals surface area contributed by atoms with Crippen LogP contribution in [0.25, 0.3) is 16.3 Å². The molecule has 0 saturated carbocycles. The molecule has 0 saturated heterocycles. The maximum Gasteiger partial charge on any atom is 0.0737 e. The molecule has 0 spiro atoms. The highest BCUT2D eigenvalue weighted by molar-refractivity contribution is 6.20. The molecule has 5 aliphatic heterocycles. The summed E-state index contributed by atoms with van der Waals surface area (Å²) in [5.74, 6) is 0. The SMILES string of the molecule is C1=CC2=NC1=CC1=NC(=CC3=NC(=CC4=NC(=C2)C=C4)C(c2cccc4ccccc24)=C3)C=C1.[Al]. The van der Waals surface area contributed by atoms with Gasteiger partial charge in [-0.1, -0.05) is 42.5 Å². The predicted molar refractivity (Wildman–Crippen MR) is 147 cm³/mol. The molecule has 2 aromatic carbocycles. The van der Waals surface area contributed by atoms with E-state index in [1.165, 1.54) is 10.8 Å². The zero-order chi connectivity index (χ0) is 22.5. The van der Waals surface area contributed by atoms with Gasteiger partial charge in [-0.2, -0.15) is 0 Å². The first-order valence-corrected chi connectivity index (χ1v) is 11.2. The lowest BCUT2D eigenvalue weighted by Crippen LogP contribution is -1.91. The molecule has 35 heavy (non-hydrogen) atoms. The molecule has 0 aliphatic carbocycles. The van der Waals surface area contributed by atoms with Gasteiger partial charge in [0.05, 0.1) is 45.6 Å². The van der Waals surface area contributed by atoms with Gasteiger partial charge >= 0.3 is 0 Å². The van der Waals surface area contributed by atoms with Crippen LogP contribution in [0.4, 0.5) is 0 Å². The van der Waals surface area contributed by atoms with E-state index in [2.05, 4.69) is 59.6 Å². The summed E-state index contributed by atoms with van der Waals surface area (Å²) < 4.78 is 0. The molecule has 5 heterocycles. The molecule has 0 aromatic heterocycles. The molecule has 2 aromatic rings. The van der Waals surface area contributed by atoms with Crippen LogP contribution in [-0.4, -0.2) is 40.2 Å². The van der Waals surface area contributed by atoms with Crippen molar-refractivity contribution in [2.45, 2.75) is 0 Å². The summed E-state index contributed by atoms with van der Waals surface area (Å²) in [6, 6.07) is 14.9. The fourth-order valence-electron chi connectivity index (χ4n) is 4.57. The second kappa shape index (κ2) is 8.56. The van der Waals surface area contributed by atoms with E-state index in [9.17, 15) is 0 Å². The average molecular weight is 461 g/mol. The minimum atomic E-state index is 0. The minimum absolute atomic E-state index is 0. The molecule has 161 valence electrons. The van der Waals surface area contributed by atoms with Gasteiger partial charge in [0, 0.05) is 22.9 Å². The molecule has 0 amide bonds. The van der Waals surface area contributed by atoms with E-state index < -0.39 is 0 Å². The summed E-state index contributed by atoms with van der Waals surface area (Å²) >= 11 is 0. The Labute approximate surface area is 213 Å². The monoisotopic (exact) mass is 461 g/mol.